The van der Waals surface area contributed by atoms with Gasteiger partial charge in [-0.2, -0.15) is 0 Å². The average molecular weight is 996 g/mol. The maximum atomic E-state index is 12.7. The Morgan fingerprint density at radius 1 is 0.575 bits per heavy atom. The first-order valence-corrected chi connectivity index (χ1v) is 25.3. The van der Waals surface area contributed by atoms with Crippen LogP contribution >= 0.6 is 0 Å². The van der Waals surface area contributed by atoms with E-state index in [1.165, 1.54) is 16.6 Å². The largest absolute Gasteiger partial charge is 0.445 e. The first kappa shape index (κ1) is 52.0. The summed E-state index contributed by atoms with van der Waals surface area (Å²) in [5, 5.41) is 11.3. The van der Waals surface area contributed by atoms with Crippen molar-refractivity contribution in [2.75, 3.05) is 88.3 Å². The number of nitrogens with zero attached hydrogens (tertiary/aromatic N) is 6. The molecule has 1 unspecified atom stereocenters. The molecule has 0 saturated carbocycles. The Kier molecular flexibility index (Phi) is 17.0. The molecule has 6 aromatic rings. The Bertz CT molecular complexity index is 2860. The van der Waals surface area contributed by atoms with Crippen molar-refractivity contribution >= 4 is 63.3 Å². The highest BCUT2D eigenvalue weighted by Gasteiger charge is 2.31. The number of aromatic nitrogens is 2. The van der Waals surface area contributed by atoms with Crippen LogP contribution in [-0.2, 0) is 37.0 Å². The Morgan fingerprint density at radius 3 is 1.62 bits per heavy atom. The Hall–Kier alpha value is -7.37. The van der Waals surface area contributed by atoms with E-state index in [4.69, 9.17) is 14.2 Å². The topological polar surface area (TPSA) is 172 Å². The molecule has 1 atom stereocenters. The summed E-state index contributed by atoms with van der Waals surface area (Å²) in [5.74, 6) is -0.373. The second kappa shape index (κ2) is 23.9. The lowest BCUT2D eigenvalue weighted by atomic mass is 10.1. The highest BCUT2D eigenvalue weighted by molar-refractivity contribution is 6.02. The minimum Gasteiger partial charge on any atom is -0.445 e. The molecule has 4 aliphatic heterocycles. The van der Waals surface area contributed by atoms with E-state index >= 15 is 0 Å². The standard InChI is InChI=1S/C26H31N3O4.C18H22N4O2.C12H16N2O2/c1-19-17-29(25(31)33-26(2,3)4)22-12-8-11-21(23(19)22)27-13-15-28(16-14-27)24(30)32-18-20-9-6-5-7-10-20;1-12-11-22(15-5-6-16(23)20-18(15)24)14-4-2-3-13(17(12)14)21-9-7-19-8-10-21;15-12(14-8-6-13-7-9-14)16-10-11-4-2-1-3-5-11/h5-12,17H,13-16,18H2,1-4H3;2-4,11,15,19H,5-10H2,1H3,(H,20,23,24);1-5,13H,6-10H2. The van der Waals surface area contributed by atoms with Crippen LogP contribution in [0, 0.1) is 13.8 Å². The number of piperidine rings is 1. The molecule has 10 rings (SSSR count). The van der Waals surface area contributed by atoms with Crippen LogP contribution in [0.2, 0.25) is 0 Å². The maximum absolute atomic E-state index is 12.7. The number of carbonyl (C=O) groups excluding carboxylic acids is 5. The second-order valence-electron chi connectivity index (χ2n) is 19.7. The molecule has 73 heavy (non-hydrogen) atoms. The fourth-order valence-corrected chi connectivity index (χ4v) is 9.65. The zero-order valence-electron chi connectivity index (χ0n) is 42.7. The van der Waals surface area contributed by atoms with Gasteiger partial charge in [-0.05, 0) is 87.6 Å². The van der Waals surface area contributed by atoms with E-state index < -0.39 is 5.60 Å². The molecule has 4 fully saturated rings. The monoisotopic (exact) mass is 996 g/mol. The molecule has 6 heterocycles. The third-order valence-electron chi connectivity index (χ3n) is 13.3. The van der Waals surface area contributed by atoms with Crippen LogP contribution in [0.25, 0.3) is 21.8 Å². The van der Waals surface area contributed by atoms with Crippen LogP contribution in [0.1, 0.15) is 61.9 Å². The number of nitrogens with one attached hydrogen (secondary N) is 3. The van der Waals surface area contributed by atoms with E-state index in [9.17, 15) is 24.0 Å². The minimum atomic E-state index is -0.565. The first-order valence-electron chi connectivity index (χ1n) is 25.3. The molecule has 2 aromatic heterocycles. The summed E-state index contributed by atoms with van der Waals surface area (Å²) >= 11 is 0. The average Bonchev–Trinajstić information content (AvgIpc) is 3.94. The third kappa shape index (κ3) is 13.2. The quantitative estimate of drug-likeness (QED) is 0.105. The van der Waals surface area contributed by atoms with Gasteiger partial charge in [0.25, 0.3) is 0 Å². The van der Waals surface area contributed by atoms with Gasteiger partial charge in [0.15, 0.2) is 0 Å². The van der Waals surface area contributed by atoms with Crippen molar-refractivity contribution in [3.05, 3.63) is 132 Å². The van der Waals surface area contributed by atoms with Crippen LogP contribution in [0.4, 0.5) is 25.8 Å². The molecule has 0 bridgehead atoms. The lowest BCUT2D eigenvalue weighted by molar-refractivity contribution is -0.135. The van der Waals surface area contributed by atoms with Crippen LogP contribution in [-0.4, -0.2) is 133 Å². The number of benzene rings is 4. The van der Waals surface area contributed by atoms with Gasteiger partial charge in [-0.3, -0.25) is 19.5 Å². The number of ether oxygens (including phenoxy) is 3. The molecule has 0 spiro atoms. The molecule has 386 valence electrons. The summed E-state index contributed by atoms with van der Waals surface area (Å²) in [6, 6.07) is 31.3. The van der Waals surface area contributed by atoms with Crippen molar-refractivity contribution in [3.8, 4) is 0 Å². The molecule has 17 nitrogen and oxygen atoms in total. The predicted molar refractivity (Wildman–Crippen MR) is 283 cm³/mol. The van der Waals surface area contributed by atoms with E-state index in [1.807, 2.05) is 111 Å². The Morgan fingerprint density at radius 2 is 1.07 bits per heavy atom. The molecule has 4 aliphatic rings. The van der Waals surface area contributed by atoms with Gasteiger partial charge in [-0.1, -0.05) is 72.8 Å². The molecule has 4 amide bonds. The summed E-state index contributed by atoms with van der Waals surface area (Å²) in [6.07, 6.45) is 3.95. The van der Waals surface area contributed by atoms with Gasteiger partial charge in [0.1, 0.15) is 24.9 Å². The fourth-order valence-electron chi connectivity index (χ4n) is 9.65. The summed E-state index contributed by atoms with van der Waals surface area (Å²) in [5.41, 5.74) is 7.79. The number of imide groups is 1. The van der Waals surface area contributed by atoms with E-state index in [-0.39, 0.29) is 42.7 Å². The molecule has 0 radical (unpaired) electrons. The van der Waals surface area contributed by atoms with Crippen LogP contribution in [0.5, 0.6) is 0 Å². The van der Waals surface area contributed by atoms with Crippen molar-refractivity contribution in [2.45, 2.75) is 72.3 Å². The number of carbonyl (C=O) groups is 5. The Balaban J connectivity index is 0.000000155. The van der Waals surface area contributed by atoms with Crippen molar-refractivity contribution in [1.82, 2.24) is 34.9 Å². The van der Waals surface area contributed by atoms with E-state index in [0.29, 0.717) is 45.6 Å². The summed E-state index contributed by atoms with van der Waals surface area (Å²) < 4.78 is 19.9. The van der Waals surface area contributed by atoms with E-state index in [1.54, 1.807) is 14.4 Å². The van der Waals surface area contributed by atoms with Crippen LogP contribution < -0.4 is 25.8 Å². The maximum Gasteiger partial charge on any atom is 0.419 e. The number of hydrogen-bond donors (Lipinski definition) is 3. The Labute approximate surface area is 427 Å². The molecule has 4 saturated heterocycles. The van der Waals surface area contributed by atoms with Crippen LogP contribution in [0.3, 0.4) is 0 Å². The number of aryl methyl sites for hydroxylation is 2. The van der Waals surface area contributed by atoms with Gasteiger partial charge in [0.05, 0.1) is 11.0 Å². The van der Waals surface area contributed by atoms with Gasteiger partial charge in [-0.15, -0.1) is 0 Å². The smallest absolute Gasteiger partial charge is 0.419 e. The lowest BCUT2D eigenvalue weighted by Gasteiger charge is -2.36. The number of rotatable bonds is 7. The van der Waals surface area contributed by atoms with Crippen molar-refractivity contribution < 1.29 is 38.2 Å². The van der Waals surface area contributed by atoms with E-state index in [2.05, 4.69) is 63.1 Å². The molecule has 17 heteroatoms. The van der Waals surface area contributed by atoms with Gasteiger partial charge in [-0.25, -0.2) is 14.4 Å². The summed E-state index contributed by atoms with van der Waals surface area (Å²) in [7, 11) is 0. The summed E-state index contributed by atoms with van der Waals surface area (Å²) in [4.78, 5) is 68.7. The lowest BCUT2D eigenvalue weighted by Crippen LogP contribution is -2.49. The molecule has 4 aromatic carbocycles. The molecule has 0 aliphatic carbocycles. The number of anilines is 2. The predicted octanol–water partition coefficient (Wildman–Crippen LogP) is 7.76. The SMILES string of the molecule is Cc1cn(C(=O)OC(C)(C)C)c2cccc(N3CCN(C(=O)OCc4ccccc4)CC3)c12.Cc1cn(C2CCC(=O)NC2=O)c2cccc(N3CCNCC3)c12.O=C(OCc1ccccc1)N1CCNCC1. The normalized spacial score (nSPS) is 17.2. The second-order valence-corrected chi connectivity index (χ2v) is 19.7. The highest BCUT2D eigenvalue weighted by atomic mass is 16.6. The van der Waals surface area contributed by atoms with Gasteiger partial charge < -0.3 is 49.0 Å². The fraction of sp³-hybridized carbons (Fsp3) is 0.411. The van der Waals surface area contributed by atoms with E-state index in [0.717, 1.165) is 91.2 Å². The third-order valence-corrected chi connectivity index (χ3v) is 13.3. The van der Waals surface area contributed by atoms with Crippen LogP contribution in [0.15, 0.2) is 109 Å². The van der Waals surface area contributed by atoms with Gasteiger partial charge in [0.2, 0.25) is 11.8 Å². The highest BCUT2D eigenvalue weighted by Crippen LogP contribution is 2.35. The molecular weight excluding hydrogens is 927 g/mol. The van der Waals surface area contributed by atoms with Crippen molar-refractivity contribution in [1.29, 1.82) is 0 Å². The summed E-state index contributed by atoms with van der Waals surface area (Å²) in [6.45, 7) is 20.0. The molecule has 3 N–H and O–H groups in total. The zero-order valence-corrected chi connectivity index (χ0v) is 42.7. The number of piperazine rings is 3. The minimum absolute atomic E-state index is 0.175. The number of fused-ring (bicyclic) bond motifs is 2. The van der Waals surface area contributed by atoms with Crippen molar-refractivity contribution in [2.24, 2.45) is 0 Å². The van der Waals surface area contributed by atoms with Gasteiger partial charge >= 0.3 is 18.3 Å². The number of hydrogen-bond acceptors (Lipinski definition) is 12. The zero-order chi connectivity index (χ0) is 51.5. The van der Waals surface area contributed by atoms with Crippen molar-refractivity contribution in [3.63, 3.8) is 0 Å². The molecular formula is C56H69N9O8. The van der Waals surface area contributed by atoms with Gasteiger partial charge in [0, 0.05) is 119 Å². The first-order chi connectivity index (χ1) is 35.2. The number of amides is 4.